The summed E-state index contributed by atoms with van der Waals surface area (Å²) in [6, 6.07) is 10.7. The van der Waals surface area contributed by atoms with E-state index < -0.39 is 0 Å². The smallest absolute Gasteiger partial charge is 0.225 e. The second-order valence-electron chi connectivity index (χ2n) is 6.01. The molecule has 0 bridgehead atoms. The lowest BCUT2D eigenvalue weighted by Crippen LogP contribution is -2.53. The van der Waals surface area contributed by atoms with E-state index in [1.807, 2.05) is 11.0 Å². The molecule has 0 aromatic heterocycles. The molecule has 1 aromatic carbocycles. The molecule has 23 heavy (non-hydrogen) atoms. The Hall–Kier alpha value is -1.43. The van der Waals surface area contributed by atoms with Gasteiger partial charge in [-0.3, -0.25) is 9.69 Å². The summed E-state index contributed by atoms with van der Waals surface area (Å²) in [5.41, 5.74) is 1.33. The third kappa shape index (κ3) is 5.94. The maximum atomic E-state index is 12.3. The Morgan fingerprint density at radius 1 is 1.17 bits per heavy atom. The van der Waals surface area contributed by atoms with Gasteiger partial charge in [-0.15, -0.1) is 0 Å². The summed E-state index contributed by atoms with van der Waals surface area (Å²) >= 11 is 0. The van der Waals surface area contributed by atoms with E-state index in [0.29, 0.717) is 26.2 Å². The first-order valence-corrected chi connectivity index (χ1v) is 8.33. The topological polar surface area (TPSA) is 42.0 Å². The summed E-state index contributed by atoms with van der Waals surface area (Å²) in [7, 11) is 1.64. The second-order valence-corrected chi connectivity index (χ2v) is 6.01. The summed E-state index contributed by atoms with van der Waals surface area (Å²) in [5.74, 6) is 0.189. The number of amides is 1. The molecule has 2 rings (SSSR count). The number of benzene rings is 1. The Bertz CT molecular complexity index is 467. The molecule has 1 aromatic rings. The van der Waals surface area contributed by atoms with Crippen LogP contribution >= 0.6 is 0 Å². The van der Waals surface area contributed by atoms with Crippen LogP contribution in [-0.4, -0.2) is 68.3 Å². The fraction of sp³-hybridized carbons (Fsp3) is 0.611. The van der Waals surface area contributed by atoms with Crippen LogP contribution in [0.5, 0.6) is 0 Å². The van der Waals surface area contributed by atoms with E-state index >= 15 is 0 Å². The zero-order chi connectivity index (χ0) is 16.5. The zero-order valence-corrected chi connectivity index (χ0v) is 14.2. The van der Waals surface area contributed by atoms with E-state index in [9.17, 15) is 4.79 Å². The average Bonchev–Trinajstić information content (AvgIpc) is 2.55. The van der Waals surface area contributed by atoms with Gasteiger partial charge in [-0.1, -0.05) is 30.3 Å². The van der Waals surface area contributed by atoms with Gasteiger partial charge in [-0.2, -0.15) is 0 Å². The van der Waals surface area contributed by atoms with Gasteiger partial charge in [0.2, 0.25) is 5.91 Å². The van der Waals surface area contributed by atoms with Gasteiger partial charge >= 0.3 is 0 Å². The van der Waals surface area contributed by atoms with Crippen molar-refractivity contribution < 1.29 is 14.3 Å². The van der Waals surface area contributed by atoms with Gasteiger partial charge in [-0.05, 0) is 12.5 Å². The molecule has 5 heteroatoms. The Labute approximate surface area is 139 Å². The number of piperazine rings is 1. The number of rotatable bonds is 8. The first-order chi connectivity index (χ1) is 11.2. The minimum absolute atomic E-state index is 0.189. The predicted molar refractivity (Wildman–Crippen MR) is 90.2 cm³/mol. The molecule has 0 spiro atoms. The standard InChI is InChI=1S/C18H28N2O3/c1-16-14-19(15-17-6-4-3-5-7-17)9-10-20(16)18(21)8-11-23-13-12-22-2/h3-7,16H,8-15H2,1-2H3. The highest BCUT2D eigenvalue weighted by Gasteiger charge is 2.26. The Morgan fingerprint density at radius 3 is 2.65 bits per heavy atom. The Balaban J connectivity index is 1.72. The maximum absolute atomic E-state index is 12.3. The van der Waals surface area contributed by atoms with E-state index in [-0.39, 0.29) is 11.9 Å². The van der Waals surface area contributed by atoms with Crippen LogP contribution < -0.4 is 0 Å². The average molecular weight is 320 g/mol. The molecule has 0 aliphatic carbocycles. The summed E-state index contributed by atoms with van der Waals surface area (Å²) in [5, 5.41) is 0. The van der Waals surface area contributed by atoms with E-state index in [4.69, 9.17) is 9.47 Å². The summed E-state index contributed by atoms with van der Waals surface area (Å²) in [6.45, 7) is 7.31. The van der Waals surface area contributed by atoms with Crippen LogP contribution in [-0.2, 0) is 20.8 Å². The first-order valence-electron chi connectivity index (χ1n) is 8.33. The molecule has 0 radical (unpaired) electrons. The fourth-order valence-electron chi connectivity index (χ4n) is 2.94. The number of nitrogens with zero attached hydrogens (tertiary/aromatic N) is 2. The third-order valence-corrected chi connectivity index (χ3v) is 4.17. The SMILES string of the molecule is COCCOCCC(=O)N1CCN(Cc2ccccc2)CC1C. The van der Waals surface area contributed by atoms with Gasteiger partial charge in [0.1, 0.15) is 0 Å². The number of hydrogen-bond donors (Lipinski definition) is 0. The van der Waals surface area contributed by atoms with Gasteiger partial charge in [0.25, 0.3) is 0 Å². The minimum Gasteiger partial charge on any atom is -0.382 e. The van der Waals surface area contributed by atoms with Crippen LogP contribution in [0.15, 0.2) is 30.3 Å². The van der Waals surface area contributed by atoms with Crippen molar-refractivity contribution in [2.45, 2.75) is 25.9 Å². The lowest BCUT2D eigenvalue weighted by atomic mass is 10.1. The Kier molecular flexibility index (Phi) is 7.52. The van der Waals surface area contributed by atoms with Crippen LogP contribution in [0.2, 0.25) is 0 Å². The quantitative estimate of drug-likeness (QED) is 0.685. The molecule has 1 amide bonds. The summed E-state index contributed by atoms with van der Waals surface area (Å²) < 4.78 is 10.3. The third-order valence-electron chi connectivity index (χ3n) is 4.17. The highest BCUT2D eigenvalue weighted by Crippen LogP contribution is 2.14. The highest BCUT2D eigenvalue weighted by atomic mass is 16.5. The molecule has 1 heterocycles. The van der Waals surface area contributed by atoms with E-state index in [1.54, 1.807) is 7.11 Å². The molecule has 1 saturated heterocycles. The summed E-state index contributed by atoms with van der Waals surface area (Å²) in [4.78, 5) is 16.7. The van der Waals surface area contributed by atoms with Crippen molar-refractivity contribution in [3.63, 3.8) is 0 Å². The Morgan fingerprint density at radius 2 is 1.96 bits per heavy atom. The van der Waals surface area contributed by atoms with E-state index in [1.165, 1.54) is 5.56 Å². The molecule has 128 valence electrons. The molecule has 0 saturated carbocycles. The van der Waals surface area contributed by atoms with E-state index in [2.05, 4.69) is 36.1 Å². The van der Waals surface area contributed by atoms with Crippen LogP contribution in [0.25, 0.3) is 0 Å². The van der Waals surface area contributed by atoms with Crippen molar-refractivity contribution in [1.29, 1.82) is 0 Å². The van der Waals surface area contributed by atoms with Crippen molar-refractivity contribution in [3.8, 4) is 0 Å². The van der Waals surface area contributed by atoms with Crippen molar-refractivity contribution >= 4 is 5.91 Å². The number of ether oxygens (including phenoxy) is 2. The molecule has 0 N–H and O–H groups in total. The molecule has 1 unspecified atom stereocenters. The monoisotopic (exact) mass is 320 g/mol. The van der Waals surface area contributed by atoms with Gasteiger partial charge in [0.15, 0.2) is 0 Å². The largest absolute Gasteiger partial charge is 0.382 e. The second kappa shape index (κ2) is 9.65. The fourth-order valence-corrected chi connectivity index (χ4v) is 2.94. The number of carbonyl (C=O) groups excluding carboxylic acids is 1. The molecule has 5 nitrogen and oxygen atoms in total. The van der Waals surface area contributed by atoms with Crippen LogP contribution in [0, 0.1) is 0 Å². The van der Waals surface area contributed by atoms with Gasteiger partial charge < -0.3 is 14.4 Å². The number of hydrogen-bond acceptors (Lipinski definition) is 4. The number of carbonyl (C=O) groups is 1. The first kappa shape index (κ1) is 17.9. The number of methoxy groups -OCH3 is 1. The van der Waals surface area contributed by atoms with Crippen LogP contribution in [0.1, 0.15) is 18.9 Å². The summed E-state index contributed by atoms with van der Waals surface area (Å²) in [6.07, 6.45) is 0.451. The van der Waals surface area contributed by atoms with Gasteiger partial charge in [0, 0.05) is 39.3 Å². The lowest BCUT2D eigenvalue weighted by Gasteiger charge is -2.40. The van der Waals surface area contributed by atoms with Gasteiger partial charge in [-0.25, -0.2) is 0 Å². The van der Waals surface area contributed by atoms with E-state index in [0.717, 1.165) is 26.2 Å². The minimum atomic E-state index is 0.189. The normalized spacial score (nSPS) is 19.0. The van der Waals surface area contributed by atoms with Crippen molar-refractivity contribution in [2.75, 3.05) is 46.6 Å². The zero-order valence-electron chi connectivity index (χ0n) is 14.2. The lowest BCUT2D eigenvalue weighted by molar-refractivity contribution is -0.137. The predicted octanol–water partition coefficient (Wildman–Crippen LogP) is 1.77. The molecule has 1 aliphatic rings. The van der Waals surface area contributed by atoms with Crippen molar-refractivity contribution in [1.82, 2.24) is 9.80 Å². The molecular formula is C18H28N2O3. The van der Waals surface area contributed by atoms with Gasteiger partial charge in [0.05, 0.1) is 26.2 Å². The maximum Gasteiger partial charge on any atom is 0.225 e. The van der Waals surface area contributed by atoms with Crippen LogP contribution in [0.4, 0.5) is 0 Å². The van der Waals surface area contributed by atoms with Crippen LogP contribution in [0.3, 0.4) is 0 Å². The highest BCUT2D eigenvalue weighted by molar-refractivity contribution is 5.76. The molecule has 1 fully saturated rings. The molecule has 1 aliphatic heterocycles. The molecular weight excluding hydrogens is 292 g/mol. The van der Waals surface area contributed by atoms with Crippen molar-refractivity contribution in [2.24, 2.45) is 0 Å². The van der Waals surface area contributed by atoms with Crippen molar-refractivity contribution in [3.05, 3.63) is 35.9 Å². The molecule has 1 atom stereocenters.